The minimum Gasteiger partial charge on any atom is -0.466 e. The monoisotopic (exact) mass is 1610 g/mol. The van der Waals surface area contributed by atoms with Crippen molar-refractivity contribution in [2.45, 2.75) is 52.0 Å². The van der Waals surface area contributed by atoms with Gasteiger partial charge in [-0.15, -0.1) is 0 Å². The number of fused-ring (bicyclic) bond motifs is 1. The fourth-order valence-electron chi connectivity index (χ4n) is 15.6. The molecule has 2 unspecified atom stereocenters. The van der Waals surface area contributed by atoms with E-state index >= 15 is 0 Å². The van der Waals surface area contributed by atoms with Crippen LogP contribution in [0.3, 0.4) is 0 Å². The van der Waals surface area contributed by atoms with Crippen LogP contribution in [0.4, 0.5) is 0 Å². The van der Waals surface area contributed by atoms with Crippen molar-refractivity contribution in [3.8, 4) is 92.0 Å². The van der Waals surface area contributed by atoms with E-state index in [1.807, 2.05) is 97.1 Å². The summed E-state index contributed by atoms with van der Waals surface area (Å²) in [5.74, 6) is -24.7. The van der Waals surface area contributed by atoms with Crippen LogP contribution in [0.15, 0.2) is 485 Å². The van der Waals surface area contributed by atoms with Crippen molar-refractivity contribution in [2.24, 2.45) is 0 Å². The number of piperidine rings is 1. The van der Waals surface area contributed by atoms with Crippen LogP contribution in [0, 0.1) is 0 Å². The summed E-state index contributed by atoms with van der Waals surface area (Å²) in [6.07, 6.45) is 0. The van der Waals surface area contributed by atoms with Crippen LogP contribution in [0.2, 0.25) is 0 Å². The zero-order chi connectivity index (χ0) is 82.3. The van der Waals surface area contributed by atoms with Gasteiger partial charge in [0.2, 0.25) is 0 Å². The van der Waals surface area contributed by atoms with E-state index in [0.29, 0.717) is 0 Å². The van der Waals surface area contributed by atoms with Crippen LogP contribution in [0.5, 0.6) is 92.0 Å². The molecule has 1 aliphatic heterocycles. The fourth-order valence-corrected chi connectivity index (χ4v) is 15.6. The minimum absolute atomic E-state index is 0.00214. The highest BCUT2D eigenvalue weighted by atomic mass is 16.9. The second-order valence-corrected chi connectivity index (χ2v) is 28.4. The molecule has 17 heteroatoms. The predicted molar refractivity (Wildman–Crippen MR) is 461 cm³/mol. The van der Waals surface area contributed by atoms with E-state index in [-0.39, 0.29) is 92.0 Å². The molecule has 18 rings (SSSR count). The molecule has 2 fully saturated rings. The highest BCUT2D eigenvalue weighted by Gasteiger charge is 3.15. The van der Waals surface area contributed by atoms with Crippen LogP contribution >= 0.6 is 0 Å². The van der Waals surface area contributed by atoms with Crippen molar-refractivity contribution in [1.82, 2.24) is 5.32 Å². The second kappa shape index (κ2) is 34.1. The molecule has 0 spiro atoms. The maximum atomic E-state index is 9.33. The van der Waals surface area contributed by atoms with Crippen LogP contribution < -0.4 is 81.1 Å². The van der Waals surface area contributed by atoms with E-state index in [2.05, 4.69) is 5.32 Å². The fraction of sp³-hybridized carbons (Fsp3) is 0.0857. The lowest BCUT2D eigenvalue weighted by Crippen LogP contribution is -3.15. The minimum atomic E-state index is -3.74. The third-order valence-electron chi connectivity index (χ3n) is 20.5. The van der Waals surface area contributed by atoms with Gasteiger partial charge in [-0.1, -0.05) is 291 Å². The molecule has 1 heterocycles. The van der Waals surface area contributed by atoms with Crippen molar-refractivity contribution in [3.63, 3.8) is 0 Å². The zero-order valence-corrected chi connectivity index (χ0v) is 65.7. The van der Waals surface area contributed by atoms with Gasteiger partial charge in [0.15, 0.2) is 0 Å². The molecule has 0 radical (unpaired) electrons. The zero-order valence-electron chi connectivity index (χ0n) is 65.7. The molecule has 16 aromatic carbocycles. The molecular formula is C105H81NO16. The molecule has 1 saturated carbocycles. The summed E-state index contributed by atoms with van der Waals surface area (Å²) in [4.78, 5) is 0. The van der Waals surface area contributed by atoms with Gasteiger partial charge in [0.25, 0.3) is 0 Å². The number of benzene rings is 16. The molecule has 0 aromatic heterocycles. The van der Waals surface area contributed by atoms with Crippen molar-refractivity contribution in [1.29, 1.82) is 0 Å². The molecule has 16 aromatic rings. The Bertz CT molecular complexity index is 5560. The molecular weight excluding hydrogens is 1530 g/mol. The Kier molecular flexibility index (Phi) is 21.7. The Morgan fingerprint density at radius 3 is 0.443 bits per heavy atom. The smallest absolute Gasteiger partial charge is 0.432 e. The molecule has 0 amide bonds. The number of hydrogen-bond acceptors (Lipinski definition) is 17. The van der Waals surface area contributed by atoms with Crippen molar-refractivity contribution in [3.05, 3.63) is 485 Å². The van der Waals surface area contributed by atoms with Crippen LogP contribution in [-0.2, 0) is 0 Å². The SMILES string of the molecule is c1ccc(OC2(Oc3ccccc3)NC3(Oc4ccccc4)C(Oc4ccccc4)(Oc4ccccc4)C(Oc4ccccc4)(Oc4ccccc4)C(Oc4ccccc4)(Oc4ccccc4)C(Oc4ccccc4)(Oc4ccccc4)C3(Oc3ccccc3)C(Oc3ccccc3)(Oc3ccccc3)C2(Oc2ccccc2)Oc2ccccc2)cc1. The van der Waals surface area contributed by atoms with Crippen LogP contribution in [0.25, 0.3) is 0 Å². The summed E-state index contributed by atoms with van der Waals surface area (Å²) >= 11 is 0. The summed E-state index contributed by atoms with van der Waals surface area (Å²) in [7, 11) is 0. The largest absolute Gasteiger partial charge is 0.466 e. The molecule has 0 bridgehead atoms. The van der Waals surface area contributed by atoms with Crippen molar-refractivity contribution < 1.29 is 75.8 Å². The first-order chi connectivity index (χ1) is 60.2. The average molecular weight is 1610 g/mol. The van der Waals surface area contributed by atoms with E-state index in [1.54, 1.807) is 388 Å². The lowest BCUT2D eigenvalue weighted by Gasteiger charge is -2.75. The van der Waals surface area contributed by atoms with E-state index in [0.717, 1.165) is 0 Å². The molecule has 17 nitrogen and oxygen atoms in total. The summed E-state index contributed by atoms with van der Waals surface area (Å²) in [5.41, 5.74) is -7.36. The third-order valence-corrected chi connectivity index (χ3v) is 20.5. The van der Waals surface area contributed by atoms with Gasteiger partial charge in [-0.25, -0.2) is 0 Å². The second-order valence-electron chi connectivity index (χ2n) is 28.4. The maximum absolute atomic E-state index is 9.33. The first-order valence-electron chi connectivity index (χ1n) is 39.9. The van der Waals surface area contributed by atoms with E-state index in [4.69, 9.17) is 71.1 Å². The highest BCUT2D eigenvalue weighted by molar-refractivity contribution is 5.55. The van der Waals surface area contributed by atoms with Gasteiger partial charge in [0.1, 0.15) is 92.0 Å². The summed E-state index contributed by atoms with van der Waals surface area (Å²) in [5, 5.41) is 4.21. The molecule has 122 heavy (non-hydrogen) atoms. The Morgan fingerprint density at radius 2 is 0.246 bits per heavy atom. The summed E-state index contributed by atoms with van der Waals surface area (Å²) < 4.78 is 142. The van der Waals surface area contributed by atoms with Crippen LogP contribution in [0.1, 0.15) is 0 Å². The number of para-hydroxylation sites is 16. The van der Waals surface area contributed by atoms with E-state index in [1.165, 1.54) is 0 Å². The Labute approximate surface area is 706 Å². The Morgan fingerprint density at radius 1 is 0.115 bits per heavy atom. The number of nitrogens with one attached hydrogen (secondary N) is 1. The first kappa shape index (κ1) is 77.5. The summed E-state index contributed by atoms with van der Waals surface area (Å²) in [6.45, 7) is 0. The lowest BCUT2D eigenvalue weighted by atomic mass is 9.53. The highest BCUT2D eigenvalue weighted by Crippen LogP contribution is 2.73. The molecule has 2 aliphatic rings. The third kappa shape index (κ3) is 14.3. The van der Waals surface area contributed by atoms with Gasteiger partial charge in [-0.2, -0.15) is 5.32 Å². The molecule has 602 valence electrons. The van der Waals surface area contributed by atoms with Gasteiger partial charge in [0.05, 0.1) is 0 Å². The average Bonchev–Trinajstić information content (AvgIpc) is 0.602. The number of ether oxygens (including phenoxy) is 16. The normalized spacial score (nSPS) is 17.5. The van der Waals surface area contributed by atoms with E-state index in [9.17, 15) is 4.74 Å². The molecule has 1 N–H and O–H groups in total. The topological polar surface area (TPSA) is 160 Å². The van der Waals surface area contributed by atoms with Crippen molar-refractivity contribution >= 4 is 0 Å². The Balaban J connectivity index is 1.26. The van der Waals surface area contributed by atoms with E-state index < -0.39 is 52.0 Å². The van der Waals surface area contributed by atoms with Gasteiger partial charge in [0, 0.05) is 0 Å². The maximum Gasteiger partial charge on any atom is 0.432 e. The van der Waals surface area contributed by atoms with Crippen molar-refractivity contribution in [2.75, 3.05) is 0 Å². The molecule has 1 aliphatic carbocycles. The molecule has 1 saturated heterocycles. The number of hydrogen-bond donors (Lipinski definition) is 1. The first-order valence-corrected chi connectivity index (χ1v) is 39.9. The lowest BCUT2D eigenvalue weighted by molar-refractivity contribution is -0.598. The van der Waals surface area contributed by atoms with Gasteiger partial charge >= 0.3 is 52.0 Å². The quantitative estimate of drug-likeness (QED) is 0.0396. The van der Waals surface area contributed by atoms with Crippen LogP contribution in [-0.4, -0.2) is 52.0 Å². The van der Waals surface area contributed by atoms with Gasteiger partial charge < -0.3 is 75.8 Å². The molecule has 2 atom stereocenters. The standard InChI is InChI=1S/C105H81NO16/c1-17-49-81(50-18-1)107-97-98(108-82-51-19-2-20-52-82,106-105(121-95-77-45-15-46-78-95,122-96-79-47-16-48-80-96)104(119-93-73-41-13-42-74-93,120-94-75-43-14-44-76-94)100(97,111-85-57-25-5-26-58-85)112-86-59-27-6-28-60-86)101(113-87-61-29-7-30-62-87,114-88-63-31-8-32-64-88)103(117-91-69-37-11-38-70-91,118-92-71-39-12-40-72-92)102(115-89-65-33-9-34-66-89,116-90-67-35-10-36-68-90)99(97,109-83-53-21-3-22-54-83)110-84-55-23-4-24-56-84/h1-80,106H. The predicted octanol–water partition coefficient (Wildman–Crippen LogP) is 22.1. The van der Waals surface area contributed by atoms with Gasteiger partial charge in [-0.05, 0) is 194 Å². The summed E-state index contributed by atoms with van der Waals surface area (Å²) in [6, 6.07) is 142. The Hall–Kier alpha value is -15.7. The number of rotatable bonds is 32. The van der Waals surface area contributed by atoms with Gasteiger partial charge in [-0.3, -0.25) is 0 Å².